The van der Waals surface area contributed by atoms with Gasteiger partial charge in [0.15, 0.2) is 0 Å². The molecule has 0 radical (unpaired) electrons. The van der Waals surface area contributed by atoms with E-state index in [0.29, 0.717) is 6.04 Å². The van der Waals surface area contributed by atoms with Crippen molar-refractivity contribution < 1.29 is 9.53 Å². The van der Waals surface area contributed by atoms with Crippen molar-refractivity contribution in [2.75, 3.05) is 45.7 Å². The maximum absolute atomic E-state index is 12.4. The van der Waals surface area contributed by atoms with Gasteiger partial charge in [-0.05, 0) is 38.9 Å². The normalized spacial score (nSPS) is 18.5. The summed E-state index contributed by atoms with van der Waals surface area (Å²) in [7, 11) is 3.79. The number of amides is 2. The lowest BCUT2D eigenvalue weighted by Gasteiger charge is -2.28. The average Bonchev–Trinajstić information content (AvgIpc) is 3.05. The summed E-state index contributed by atoms with van der Waals surface area (Å²) in [6.45, 7) is 5.42. The Labute approximate surface area is 130 Å². The number of carbonyl (C=O) groups excluding carboxylic acids is 1. The third-order valence-electron chi connectivity index (χ3n) is 3.81. The number of methoxy groups -OCH3 is 1. The minimum Gasteiger partial charge on any atom is -0.383 e. The first-order valence-electron chi connectivity index (χ1n) is 7.41. The summed E-state index contributed by atoms with van der Waals surface area (Å²) < 4.78 is 5.10. The van der Waals surface area contributed by atoms with E-state index in [1.807, 2.05) is 24.0 Å². The maximum atomic E-state index is 12.4. The van der Waals surface area contributed by atoms with Crippen LogP contribution in [0.4, 0.5) is 9.80 Å². The average molecular weight is 311 g/mol. The predicted octanol–water partition coefficient (Wildman–Crippen LogP) is 2.63. The van der Waals surface area contributed by atoms with E-state index in [1.165, 1.54) is 4.88 Å². The fraction of sp³-hybridized carbons (Fsp3) is 0.667. The highest BCUT2D eigenvalue weighted by Gasteiger charge is 2.29. The van der Waals surface area contributed by atoms with E-state index >= 15 is 0 Å². The topological polar surface area (TPSA) is 44.8 Å². The number of nitrogens with one attached hydrogen (secondary N) is 1. The molecule has 0 bridgehead atoms. The van der Waals surface area contributed by atoms with Crippen molar-refractivity contribution in [1.82, 2.24) is 9.80 Å². The summed E-state index contributed by atoms with van der Waals surface area (Å²) in [6.07, 6.45) is 2.16. The Kier molecular flexibility index (Phi) is 6.02. The van der Waals surface area contributed by atoms with Crippen LogP contribution in [-0.2, 0) is 4.74 Å². The third-order valence-corrected chi connectivity index (χ3v) is 4.72. The van der Waals surface area contributed by atoms with Crippen LogP contribution < -0.4 is 5.32 Å². The summed E-state index contributed by atoms with van der Waals surface area (Å²) in [5, 5.41) is 3.94. The van der Waals surface area contributed by atoms with Gasteiger partial charge in [0.25, 0.3) is 0 Å². The van der Waals surface area contributed by atoms with Crippen molar-refractivity contribution in [3.8, 4) is 0 Å². The van der Waals surface area contributed by atoms with E-state index in [1.54, 1.807) is 18.4 Å². The second kappa shape index (κ2) is 7.77. The smallest absolute Gasteiger partial charge is 0.322 e. The van der Waals surface area contributed by atoms with Gasteiger partial charge in [0.1, 0.15) is 0 Å². The van der Waals surface area contributed by atoms with Crippen LogP contribution in [0, 0.1) is 6.92 Å². The van der Waals surface area contributed by atoms with Gasteiger partial charge in [0, 0.05) is 37.7 Å². The molecule has 0 aliphatic carbocycles. The Morgan fingerprint density at radius 2 is 2.38 bits per heavy atom. The zero-order valence-corrected chi connectivity index (χ0v) is 13.9. The highest BCUT2D eigenvalue weighted by molar-refractivity contribution is 7.16. The quantitative estimate of drug-likeness (QED) is 0.878. The standard InChI is InChI=1S/C15H25N3O2S/c1-12-6-7-14(21-12)16-15(19)18-8-4-5-13(18)11-17(2)9-10-20-3/h6-7,13H,4-5,8-11H2,1-3H3,(H,16,19)/t13-/m0/s1. The van der Waals surface area contributed by atoms with E-state index in [-0.39, 0.29) is 6.03 Å². The number of likely N-dealkylation sites (N-methyl/N-ethyl adjacent to an activating group) is 1. The molecule has 118 valence electrons. The second-order valence-electron chi connectivity index (χ2n) is 5.58. The molecule has 0 aromatic carbocycles. The Hall–Kier alpha value is -1.11. The zero-order valence-electron chi connectivity index (χ0n) is 13.1. The van der Waals surface area contributed by atoms with Gasteiger partial charge in [-0.15, -0.1) is 11.3 Å². The van der Waals surface area contributed by atoms with Crippen LogP contribution in [0.25, 0.3) is 0 Å². The highest BCUT2D eigenvalue weighted by atomic mass is 32.1. The number of likely N-dealkylation sites (tertiary alicyclic amines) is 1. The first-order valence-corrected chi connectivity index (χ1v) is 8.23. The molecule has 0 unspecified atom stereocenters. The van der Waals surface area contributed by atoms with Crippen LogP contribution in [-0.4, -0.2) is 62.3 Å². The van der Waals surface area contributed by atoms with E-state index in [4.69, 9.17) is 4.74 Å². The Morgan fingerprint density at radius 3 is 3.05 bits per heavy atom. The summed E-state index contributed by atoms with van der Waals surface area (Å²) in [4.78, 5) is 17.8. The molecular weight excluding hydrogens is 286 g/mol. The van der Waals surface area contributed by atoms with Crippen molar-refractivity contribution in [2.45, 2.75) is 25.8 Å². The molecule has 2 rings (SSSR count). The third kappa shape index (κ3) is 4.69. The zero-order chi connectivity index (χ0) is 15.2. The van der Waals surface area contributed by atoms with Crippen molar-refractivity contribution in [3.63, 3.8) is 0 Å². The second-order valence-corrected chi connectivity index (χ2v) is 6.87. The number of anilines is 1. The maximum Gasteiger partial charge on any atom is 0.322 e. The summed E-state index contributed by atoms with van der Waals surface area (Å²) in [6, 6.07) is 4.32. The van der Waals surface area contributed by atoms with Crippen molar-refractivity contribution in [3.05, 3.63) is 17.0 Å². The Balaban J connectivity index is 1.87. The highest BCUT2D eigenvalue weighted by Crippen LogP contribution is 2.23. The van der Waals surface area contributed by atoms with Gasteiger partial charge >= 0.3 is 6.03 Å². The first kappa shape index (κ1) is 16.3. The fourth-order valence-electron chi connectivity index (χ4n) is 2.67. The molecule has 0 spiro atoms. The van der Waals surface area contributed by atoms with Crippen LogP contribution in [0.2, 0.25) is 0 Å². The molecule has 21 heavy (non-hydrogen) atoms. The van der Waals surface area contributed by atoms with Gasteiger partial charge in [-0.2, -0.15) is 0 Å². The van der Waals surface area contributed by atoms with Crippen molar-refractivity contribution in [2.24, 2.45) is 0 Å². The minimum atomic E-state index is 0.0273. The molecule has 1 N–H and O–H groups in total. The van der Waals surface area contributed by atoms with Gasteiger partial charge in [0.05, 0.1) is 11.6 Å². The number of thiophene rings is 1. The van der Waals surface area contributed by atoms with Gasteiger partial charge in [-0.25, -0.2) is 4.79 Å². The van der Waals surface area contributed by atoms with Crippen LogP contribution in [0.15, 0.2) is 12.1 Å². The van der Waals surface area contributed by atoms with Crippen molar-refractivity contribution >= 4 is 22.4 Å². The summed E-state index contributed by atoms with van der Waals surface area (Å²) in [5.74, 6) is 0. The predicted molar refractivity (Wildman–Crippen MR) is 87.2 cm³/mol. The lowest BCUT2D eigenvalue weighted by atomic mass is 10.2. The Bertz CT molecular complexity index is 464. The summed E-state index contributed by atoms with van der Waals surface area (Å²) in [5.41, 5.74) is 0. The molecular formula is C15H25N3O2S. The number of rotatable bonds is 6. The number of hydrogen-bond acceptors (Lipinski definition) is 4. The van der Waals surface area contributed by atoms with Gasteiger partial charge < -0.3 is 14.5 Å². The number of aryl methyl sites for hydroxylation is 1. The first-order chi connectivity index (χ1) is 10.1. The monoisotopic (exact) mass is 311 g/mol. The molecule has 2 amide bonds. The lowest BCUT2D eigenvalue weighted by Crippen LogP contribution is -2.44. The number of carbonyl (C=O) groups is 1. The molecule has 1 fully saturated rings. The molecule has 1 aliphatic heterocycles. The molecule has 6 heteroatoms. The van der Waals surface area contributed by atoms with Crippen LogP contribution in [0.1, 0.15) is 17.7 Å². The molecule has 1 aromatic rings. The summed E-state index contributed by atoms with van der Waals surface area (Å²) >= 11 is 1.62. The van der Waals surface area contributed by atoms with Gasteiger partial charge in [-0.1, -0.05) is 0 Å². The molecule has 1 aromatic heterocycles. The van der Waals surface area contributed by atoms with Crippen LogP contribution in [0.3, 0.4) is 0 Å². The largest absolute Gasteiger partial charge is 0.383 e. The molecule has 1 atom stereocenters. The molecule has 5 nitrogen and oxygen atoms in total. The van der Waals surface area contributed by atoms with E-state index in [9.17, 15) is 4.79 Å². The number of ether oxygens (including phenoxy) is 1. The van der Waals surface area contributed by atoms with E-state index < -0.39 is 0 Å². The van der Waals surface area contributed by atoms with Crippen LogP contribution >= 0.6 is 11.3 Å². The SMILES string of the molecule is COCCN(C)C[C@@H]1CCCN1C(=O)Nc1ccc(C)s1. The molecule has 0 saturated carbocycles. The molecule has 2 heterocycles. The lowest BCUT2D eigenvalue weighted by molar-refractivity contribution is 0.143. The molecule has 1 aliphatic rings. The number of nitrogens with zero attached hydrogens (tertiary/aromatic N) is 2. The molecule has 1 saturated heterocycles. The number of hydrogen-bond donors (Lipinski definition) is 1. The van der Waals surface area contributed by atoms with E-state index in [0.717, 1.165) is 44.1 Å². The van der Waals surface area contributed by atoms with Gasteiger partial charge in [0.2, 0.25) is 0 Å². The fourth-order valence-corrected chi connectivity index (χ4v) is 3.43. The minimum absolute atomic E-state index is 0.0273. The van der Waals surface area contributed by atoms with E-state index in [2.05, 4.69) is 17.3 Å². The van der Waals surface area contributed by atoms with Crippen LogP contribution in [0.5, 0.6) is 0 Å². The Morgan fingerprint density at radius 1 is 1.57 bits per heavy atom. The number of urea groups is 1. The van der Waals surface area contributed by atoms with Crippen molar-refractivity contribution in [1.29, 1.82) is 0 Å². The van der Waals surface area contributed by atoms with Gasteiger partial charge in [-0.3, -0.25) is 5.32 Å².